The monoisotopic (exact) mass is 287 g/mol. The number of amides is 1. The van der Waals surface area contributed by atoms with Crippen molar-refractivity contribution < 1.29 is 4.79 Å². The van der Waals surface area contributed by atoms with Gasteiger partial charge in [0.25, 0.3) is 5.91 Å². The number of carbonyl (C=O) groups excluding carboxylic acids is 1. The van der Waals surface area contributed by atoms with E-state index in [0.29, 0.717) is 11.3 Å². The molecule has 0 fully saturated rings. The van der Waals surface area contributed by atoms with Gasteiger partial charge in [0, 0.05) is 16.8 Å². The smallest absolute Gasteiger partial charge is 0.273 e. The molecule has 1 aromatic heterocycles. The first-order valence-electron chi connectivity index (χ1n) is 7.04. The van der Waals surface area contributed by atoms with E-state index in [0.717, 1.165) is 22.2 Å². The summed E-state index contributed by atoms with van der Waals surface area (Å²) in [6, 6.07) is 19.7. The summed E-state index contributed by atoms with van der Waals surface area (Å²) in [4.78, 5) is 15.4. The highest BCUT2D eigenvalue weighted by Gasteiger charge is 2.23. The van der Waals surface area contributed by atoms with Crippen LogP contribution in [0.5, 0.6) is 0 Å². The lowest BCUT2D eigenvalue weighted by Crippen LogP contribution is -2.13. The Morgan fingerprint density at radius 2 is 1.73 bits per heavy atom. The van der Waals surface area contributed by atoms with E-state index < -0.39 is 0 Å². The molecule has 106 valence electrons. The van der Waals surface area contributed by atoms with E-state index in [2.05, 4.69) is 15.5 Å². The summed E-state index contributed by atoms with van der Waals surface area (Å²) in [6.07, 6.45) is 1.84. The van der Waals surface area contributed by atoms with Gasteiger partial charge in [-0.05, 0) is 23.6 Å². The van der Waals surface area contributed by atoms with Gasteiger partial charge in [0.15, 0.2) is 0 Å². The average Bonchev–Trinajstić information content (AvgIpc) is 3.12. The van der Waals surface area contributed by atoms with Gasteiger partial charge in [0.2, 0.25) is 0 Å². The molecule has 0 bridgehead atoms. The Morgan fingerprint density at radius 1 is 0.955 bits per heavy atom. The fourth-order valence-electron chi connectivity index (χ4n) is 2.61. The maximum Gasteiger partial charge on any atom is 0.273 e. The molecule has 4 heteroatoms. The molecule has 0 unspecified atom stereocenters. The van der Waals surface area contributed by atoms with Crippen molar-refractivity contribution in [3.8, 4) is 0 Å². The predicted molar refractivity (Wildman–Crippen MR) is 87.4 cm³/mol. The second-order valence-corrected chi connectivity index (χ2v) is 5.14. The molecular formula is C18H13N3O. The Balaban J connectivity index is 1.79. The molecule has 1 aliphatic rings. The van der Waals surface area contributed by atoms with Crippen LogP contribution < -0.4 is 5.43 Å². The number of hydrogen-bond donors (Lipinski definition) is 2. The summed E-state index contributed by atoms with van der Waals surface area (Å²) in [5.74, 6) is -0.183. The number of nitrogens with zero attached hydrogens (tertiary/aromatic N) is 1. The molecule has 0 aliphatic carbocycles. The molecule has 3 aromatic rings. The standard InChI is InChI=1S/C18H13N3O/c22-18-15(17(20-21-18)12-6-2-1-3-7-12)11-14-10-13-8-4-5-9-16(13)19-14/h1-11,19H,(H,21,22). The Morgan fingerprint density at radius 3 is 2.55 bits per heavy atom. The molecule has 0 spiro atoms. The maximum atomic E-state index is 12.1. The second kappa shape index (κ2) is 5.00. The molecule has 2 N–H and O–H groups in total. The quantitative estimate of drug-likeness (QED) is 0.699. The van der Waals surface area contributed by atoms with Crippen LogP contribution in [0.1, 0.15) is 11.3 Å². The number of H-pyrrole nitrogens is 1. The number of aromatic amines is 1. The van der Waals surface area contributed by atoms with E-state index in [-0.39, 0.29) is 5.91 Å². The van der Waals surface area contributed by atoms with E-state index in [1.54, 1.807) is 0 Å². The highest BCUT2D eigenvalue weighted by atomic mass is 16.2. The fraction of sp³-hybridized carbons (Fsp3) is 0. The zero-order chi connectivity index (χ0) is 14.9. The molecule has 1 aliphatic heterocycles. The van der Waals surface area contributed by atoms with Gasteiger partial charge in [-0.1, -0.05) is 48.5 Å². The summed E-state index contributed by atoms with van der Waals surface area (Å²) in [5, 5.41) is 5.27. The lowest BCUT2D eigenvalue weighted by molar-refractivity contribution is -0.116. The number of hydrazone groups is 1. The minimum Gasteiger partial charge on any atom is -0.355 e. The van der Waals surface area contributed by atoms with Gasteiger partial charge in [-0.25, -0.2) is 5.43 Å². The zero-order valence-corrected chi connectivity index (χ0v) is 11.7. The average molecular weight is 287 g/mol. The number of para-hydroxylation sites is 1. The number of benzene rings is 2. The number of rotatable bonds is 2. The molecule has 4 nitrogen and oxygen atoms in total. The van der Waals surface area contributed by atoms with Gasteiger partial charge in [-0.3, -0.25) is 4.79 Å². The Labute approximate surface area is 127 Å². The van der Waals surface area contributed by atoms with Crippen LogP contribution in [0.4, 0.5) is 0 Å². The van der Waals surface area contributed by atoms with Gasteiger partial charge < -0.3 is 4.98 Å². The molecule has 2 aromatic carbocycles. The van der Waals surface area contributed by atoms with Gasteiger partial charge in [0.05, 0.1) is 5.57 Å². The Kier molecular flexibility index (Phi) is 2.86. The van der Waals surface area contributed by atoms with Crippen LogP contribution in [-0.4, -0.2) is 16.6 Å². The number of fused-ring (bicyclic) bond motifs is 1. The third-order valence-electron chi connectivity index (χ3n) is 3.67. The SMILES string of the molecule is O=C1NN=C(c2ccccc2)C1=Cc1cc2ccccc2[nH]1. The Hall–Kier alpha value is -3.14. The van der Waals surface area contributed by atoms with Crippen molar-refractivity contribution in [3.05, 3.63) is 77.5 Å². The van der Waals surface area contributed by atoms with Crippen LogP contribution >= 0.6 is 0 Å². The van der Waals surface area contributed by atoms with E-state index in [9.17, 15) is 4.79 Å². The summed E-state index contributed by atoms with van der Waals surface area (Å²) in [7, 11) is 0. The van der Waals surface area contributed by atoms with Gasteiger partial charge >= 0.3 is 0 Å². The molecule has 4 rings (SSSR count). The zero-order valence-electron chi connectivity index (χ0n) is 11.7. The first-order chi connectivity index (χ1) is 10.8. The van der Waals surface area contributed by atoms with E-state index >= 15 is 0 Å². The number of carbonyl (C=O) groups is 1. The summed E-state index contributed by atoms with van der Waals surface area (Å²) in [5.41, 5.74) is 6.63. The largest absolute Gasteiger partial charge is 0.355 e. The molecule has 0 saturated carbocycles. The first-order valence-corrected chi connectivity index (χ1v) is 7.04. The molecule has 0 saturated heterocycles. The van der Waals surface area contributed by atoms with Crippen LogP contribution in [0.25, 0.3) is 17.0 Å². The van der Waals surface area contributed by atoms with Crippen molar-refractivity contribution in [2.45, 2.75) is 0 Å². The van der Waals surface area contributed by atoms with Crippen molar-refractivity contribution in [2.75, 3.05) is 0 Å². The second-order valence-electron chi connectivity index (χ2n) is 5.14. The molecule has 22 heavy (non-hydrogen) atoms. The topological polar surface area (TPSA) is 57.2 Å². The summed E-state index contributed by atoms with van der Waals surface area (Å²) >= 11 is 0. The predicted octanol–water partition coefficient (Wildman–Crippen LogP) is 3.09. The lowest BCUT2D eigenvalue weighted by atomic mass is 10.0. The molecule has 1 amide bonds. The molecular weight excluding hydrogens is 274 g/mol. The molecule has 0 atom stereocenters. The first kappa shape index (κ1) is 12.6. The third kappa shape index (κ3) is 2.11. The van der Waals surface area contributed by atoms with E-state index in [4.69, 9.17) is 0 Å². The fourth-order valence-corrected chi connectivity index (χ4v) is 2.61. The third-order valence-corrected chi connectivity index (χ3v) is 3.67. The maximum absolute atomic E-state index is 12.1. The number of nitrogens with one attached hydrogen (secondary N) is 2. The lowest BCUT2D eigenvalue weighted by Gasteiger charge is -2.00. The Bertz CT molecular complexity index is 887. The van der Waals surface area contributed by atoms with Crippen LogP contribution in [0.3, 0.4) is 0 Å². The minimum atomic E-state index is -0.183. The van der Waals surface area contributed by atoms with Crippen LogP contribution in [0.2, 0.25) is 0 Å². The summed E-state index contributed by atoms with van der Waals surface area (Å²) in [6.45, 7) is 0. The normalized spacial score (nSPS) is 16.1. The van der Waals surface area contributed by atoms with Crippen molar-refractivity contribution in [2.24, 2.45) is 5.10 Å². The number of aromatic nitrogens is 1. The van der Waals surface area contributed by atoms with Crippen molar-refractivity contribution in [1.29, 1.82) is 0 Å². The minimum absolute atomic E-state index is 0.183. The molecule has 2 heterocycles. The van der Waals surface area contributed by atoms with Crippen molar-refractivity contribution in [3.63, 3.8) is 0 Å². The summed E-state index contributed by atoms with van der Waals surface area (Å²) < 4.78 is 0. The van der Waals surface area contributed by atoms with Crippen molar-refractivity contribution in [1.82, 2.24) is 10.4 Å². The highest BCUT2D eigenvalue weighted by Crippen LogP contribution is 2.20. The molecule has 0 radical (unpaired) electrons. The van der Waals surface area contributed by atoms with Gasteiger partial charge in [-0.2, -0.15) is 5.10 Å². The van der Waals surface area contributed by atoms with Crippen LogP contribution in [0.15, 0.2) is 71.3 Å². The van der Waals surface area contributed by atoms with Crippen LogP contribution in [0, 0.1) is 0 Å². The number of hydrogen-bond acceptors (Lipinski definition) is 2. The van der Waals surface area contributed by atoms with Crippen LogP contribution in [-0.2, 0) is 4.79 Å². The van der Waals surface area contributed by atoms with Gasteiger partial charge in [-0.15, -0.1) is 0 Å². The van der Waals surface area contributed by atoms with Crippen molar-refractivity contribution >= 4 is 28.6 Å². The van der Waals surface area contributed by atoms with Gasteiger partial charge in [0.1, 0.15) is 5.71 Å². The highest BCUT2D eigenvalue weighted by molar-refractivity contribution is 6.33. The van der Waals surface area contributed by atoms with E-state index in [1.165, 1.54) is 0 Å². The van der Waals surface area contributed by atoms with E-state index in [1.807, 2.05) is 66.7 Å².